The third-order valence-electron chi connectivity index (χ3n) is 2.70. The van der Waals surface area contributed by atoms with Gasteiger partial charge in [-0.2, -0.15) is 0 Å². The van der Waals surface area contributed by atoms with Crippen LogP contribution >= 0.6 is 15.9 Å². The summed E-state index contributed by atoms with van der Waals surface area (Å²) in [6, 6.07) is 5.15. The van der Waals surface area contributed by atoms with Crippen LogP contribution in [0.15, 0.2) is 40.0 Å². The van der Waals surface area contributed by atoms with Crippen molar-refractivity contribution in [3.63, 3.8) is 0 Å². The van der Waals surface area contributed by atoms with Gasteiger partial charge in [-0.05, 0) is 47.0 Å². The van der Waals surface area contributed by atoms with Crippen molar-refractivity contribution in [3.05, 3.63) is 40.6 Å². The van der Waals surface area contributed by atoms with E-state index in [-0.39, 0.29) is 4.90 Å². The summed E-state index contributed by atoms with van der Waals surface area (Å²) >= 11 is 3.28. The maximum Gasteiger partial charge on any atom is 0.241 e. The number of hydrogen-bond acceptors (Lipinski definition) is 4. The number of halogens is 1. The van der Waals surface area contributed by atoms with Gasteiger partial charge < -0.3 is 0 Å². The number of nitrogens with one attached hydrogen (secondary N) is 1. The fraction of sp³-hybridized carbons (Fsp3) is 0.333. The van der Waals surface area contributed by atoms with Crippen molar-refractivity contribution in [2.24, 2.45) is 0 Å². The lowest BCUT2D eigenvalue weighted by Gasteiger charge is -2.09. The first-order valence-electron chi connectivity index (χ1n) is 6.09. The maximum absolute atomic E-state index is 12.1. The normalized spacial score (nSPS) is 11.7. The first-order chi connectivity index (χ1) is 9.49. The summed E-state index contributed by atoms with van der Waals surface area (Å²) in [5.41, 5.74) is 1.00. The number of benzene rings is 1. The topological polar surface area (TPSA) is 76.9 Å². The molecular weight excluding hydrogens is 344 g/mol. The summed E-state index contributed by atoms with van der Waals surface area (Å²) in [6.07, 6.45) is 3.98. The van der Waals surface area contributed by atoms with Crippen molar-refractivity contribution >= 4 is 26.0 Å². The molecule has 0 fully saturated rings. The van der Waals surface area contributed by atoms with Gasteiger partial charge in [0.1, 0.15) is 0 Å². The third kappa shape index (κ3) is 3.87. The molecule has 0 aliphatic carbocycles. The molecule has 0 atom stereocenters. The van der Waals surface area contributed by atoms with Gasteiger partial charge in [-0.25, -0.2) is 13.1 Å². The van der Waals surface area contributed by atoms with Gasteiger partial charge in [-0.15, -0.1) is 5.10 Å². The SMILES string of the molecule is Cc1ccc(S(=O)(=O)NCCCn2ccnn2)c(Br)c1. The summed E-state index contributed by atoms with van der Waals surface area (Å²) in [5, 5.41) is 7.50. The van der Waals surface area contributed by atoms with Gasteiger partial charge in [0.25, 0.3) is 0 Å². The van der Waals surface area contributed by atoms with E-state index in [0.717, 1.165) is 5.56 Å². The molecule has 1 aromatic heterocycles. The van der Waals surface area contributed by atoms with E-state index >= 15 is 0 Å². The molecule has 0 amide bonds. The minimum Gasteiger partial charge on any atom is -0.253 e. The Labute approximate surface area is 126 Å². The summed E-state index contributed by atoms with van der Waals surface area (Å²) in [4.78, 5) is 0.254. The molecule has 1 N–H and O–H groups in total. The van der Waals surface area contributed by atoms with Crippen LogP contribution in [-0.2, 0) is 16.6 Å². The number of sulfonamides is 1. The molecule has 0 bridgehead atoms. The molecule has 2 rings (SSSR count). The van der Waals surface area contributed by atoms with Crippen LogP contribution in [0.2, 0.25) is 0 Å². The molecule has 0 saturated heterocycles. The lowest BCUT2D eigenvalue weighted by molar-refractivity contribution is 0.542. The molecule has 0 saturated carbocycles. The van der Waals surface area contributed by atoms with Gasteiger partial charge >= 0.3 is 0 Å². The molecule has 1 heterocycles. The molecule has 0 unspecified atom stereocenters. The van der Waals surface area contributed by atoms with E-state index in [1.807, 2.05) is 6.92 Å². The highest BCUT2D eigenvalue weighted by molar-refractivity contribution is 9.10. The average molecular weight is 359 g/mol. The van der Waals surface area contributed by atoms with Crippen molar-refractivity contribution in [2.75, 3.05) is 6.54 Å². The quantitative estimate of drug-likeness (QED) is 0.797. The van der Waals surface area contributed by atoms with Crippen LogP contribution in [-0.4, -0.2) is 30.0 Å². The van der Waals surface area contributed by atoms with Crippen molar-refractivity contribution < 1.29 is 8.42 Å². The zero-order valence-electron chi connectivity index (χ0n) is 11.0. The van der Waals surface area contributed by atoms with Crippen LogP contribution in [0, 0.1) is 6.92 Å². The molecule has 0 aliphatic heterocycles. The van der Waals surface area contributed by atoms with Crippen LogP contribution in [0.4, 0.5) is 0 Å². The van der Waals surface area contributed by atoms with E-state index in [9.17, 15) is 8.42 Å². The molecule has 0 spiro atoms. The van der Waals surface area contributed by atoms with Crippen molar-refractivity contribution in [3.8, 4) is 0 Å². The summed E-state index contributed by atoms with van der Waals surface area (Å²) in [5.74, 6) is 0. The van der Waals surface area contributed by atoms with Crippen LogP contribution in [0.5, 0.6) is 0 Å². The number of nitrogens with zero attached hydrogens (tertiary/aromatic N) is 3. The van der Waals surface area contributed by atoms with Crippen molar-refractivity contribution in [1.82, 2.24) is 19.7 Å². The Kier molecular flexibility index (Phi) is 4.90. The molecule has 0 aliphatic rings. The highest BCUT2D eigenvalue weighted by atomic mass is 79.9. The molecule has 2 aromatic rings. The highest BCUT2D eigenvalue weighted by Crippen LogP contribution is 2.22. The first-order valence-corrected chi connectivity index (χ1v) is 8.36. The van der Waals surface area contributed by atoms with Gasteiger partial charge in [0.2, 0.25) is 10.0 Å². The molecule has 108 valence electrons. The Hall–Kier alpha value is -1.25. The lowest BCUT2D eigenvalue weighted by Crippen LogP contribution is -2.26. The number of aryl methyl sites for hydroxylation is 2. The number of aromatic nitrogens is 3. The van der Waals surface area contributed by atoms with E-state index in [4.69, 9.17) is 0 Å². The first kappa shape index (κ1) is 15.1. The van der Waals surface area contributed by atoms with E-state index in [1.54, 1.807) is 35.3 Å². The fourth-order valence-electron chi connectivity index (χ4n) is 1.70. The fourth-order valence-corrected chi connectivity index (χ4v) is 3.97. The van der Waals surface area contributed by atoms with Gasteiger partial charge in [0.05, 0.1) is 11.1 Å². The number of rotatable bonds is 6. The van der Waals surface area contributed by atoms with Gasteiger partial charge in [0, 0.05) is 23.8 Å². The van der Waals surface area contributed by atoms with Crippen molar-refractivity contribution in [2.45, 2.75) is 24.8 Å². The Morgan fingerprint density at radius 2 is 2.20 bits per heavy atom. The summed E-state index contributed by atoms with van der Waals surface area (Å²) in [7, 11) is -3.49. The molecule has 0 radical (unpaired) electrons. The molecule has 20 heavy (non-hydrogen) atoms. The minimum atomic E-state index is -3.49. The standard InChI is InChI=1S/C12H15BrN4O2S/c1-10-3-4-12(11(13)9-10)20(18,19)15-5-2-7-17-8-6-14-16-17/h3-4,6,8-9,15H,2,5,7H2,1H3. The van der Waals surface area contributed by atoms with Crippen molar-refractivity contribution in [1.29, 1.82) is 0 Å². The molecule has 1 aromatic carbocycles. The van der Waals surface area contributed by atoms with E-state index in [1.165, 1.54) is 0 Å². The third-order valence-corrected chi connectivity index (χ3v) is 5.14. The zero-order valence-corrected chi connectivity index (χ0v) is 13.4. The maximum atomic E-state index is 12.1. The monoisotopic (exact) mass is 358 g/mol. The van der Waals surface area contributed by atoms with Gasteiger partial charge in [-0.3, -0.25) is 4.68 Å². The summed E-state index contributed by atoms with van der Waals surface area (Å²) < 4.78 is 29.1. The van der Waals surface area contributed by atoms with E-state index < -0.39 is 10.0 Å². The van der Waals surface area contributed by atoms with Crippen LogP contribution < -0.4 is 4.72 Å². The van der Waals surface area contributed by atoms with Crippen LogP contribution in [0.3, 0.4) is 0 Å². The molecule has 6 nitrogen and oxygen atoms in total. The Morgan fingerprint density at radius 1 is 1.40 bits per heavy atom. The van der Waals surface area contributed by atoms with Crippen LogP contribution in [0.1, 0.15) is 12.0 Å². The number of hydrogen-bond donors (Lipinski definition) is 1. The van der Waals surface area contributed by atoms with Gasteiger partial charge in [-0.1, -0.05) is 11.3 Å². The predicted octanol–water partition coefficient (Wildman–Crippen LogP) is 1.72. The predicted molar refractivity (Wildman–Crippen MR) is 78.7 cm³/mol. The minimum absolute atomic E-state index is 0.254. The van der Waals surface area contributed by atoms with Crippen LogP contribution in [0.25, 0.3) is 0 Å². The second kappa shape index (κ2) is 6.47. The Bertz CT molecular complexity index is 671. The van der Waals surface area contributed by atoms with Gasteiger partial charge in [0.15, 0.2) is 0 Å². The van der Waals surface area contributed by atoms with E-state index in [0.29, 0.717) is 24.0 Å². The Balaban J connectivity index is 1.93. The molecule has 8 heteroatoms. The second-order valence-electron chi connectivity index (χ2n) is 4.35. The smallest absolute Gasteiger partial charge is 0.241 e. The zero-order chi connectivity index (χ0) is 14.6. The lowest BCUT2D eigenvalue weighted by atomic mass is 10.2. The highest BCUT2D eigenvalue weighted by Gasteiger charge is 2.16. The Morgan fingerprint density at radius 3 is 2.85 bits per heavy atom. The van der Waals surface area contributed by atoms with E-state index in [2.05, 4.69) is 31.0 Å². The second-order valence-corrected chi connectivity index (χ2v) is 6.94. The average Bonchev–Trinajstić information content (AvgIpc) is 2.87. The largest absolute Gasteiger partial charge is 0.253 e. The molecular formula is C12H15BrN4O2S. The summed E-state index contributed by atoms with van der Waals surface area (Å²) in [6.45, 7) is 2.88.